The molecule has 6 atom stereocenters. The van der Waals surface area contributed by atoms with E-state index < -0.39 is 42.3 Å². The molecule has 0 radical (unpaired) electrons. The second-order valence-corrected chi connectivity index (χ2v) is 7.24. The number of hydrogen-bond acceptors (Lipinski definition) is 8. The van der Waals surface area contributed by atoms with E-state index in [2.05, 4.69) is 5.10 Å². The molecule has 3 heterocycles. The lowest BCUT2D eigenvalue weighted by Gasteiger charge is -2.38. The summed E-state index contributed by atoms with van der Waals surface area (Å²) in [6, 6.07) is 0. The van der Waals surface area contributed by atoms with Crippen molar-refractivity contribution in [1.82, 2.24) is 5.01 Å². The molecule has 23 heavy (non-hydrogen) atoms. The Morgan fingerprint density at radius 1 is 0.957 bits per heavy atom. The van der Waals surface area contributed by atoms with Gasteiger partial charge in [-0.2, -0.15) is 5.10 Å². The minimum absolute atomic E-state index is 0.377. The molecule has 0 aliphatic carbocycles. The van der Waals surface area contributed by atoms with Gasteiger partial charge in [-0.05, 0) is 27.7 Å². The third-order valence-corrected chi connectivity index (χ3v) is 3.98. The zero-order valence-corrected chi connectivity index (χ0v) is 14.4. The smallest absolute Gasteiger partial charge is 0.190 e. The van der Waals surface area contributed by atoms with Gasteiger partial charge >= 0.3 is 0 Å². The van der Waals surface area contributed by atoms with Crippen LogP contribution in [0.5, 0.6) is 0 Å². The first kappa shape index (κ1) is 17.1. The predicted molar refractivity (Wildman–Crippen MR) is 80.7 cm³/mol. The van der Waals surface area contributed by atoms with E-state index in [1.807, 2.05) is 27.7 Å². The van der Waals surface area contributed by atoms with Gasteiger partial charge in [-0.1, -0.05) is 0 Å². The van der Waals surface area contributed by atoms with Gasteiger partial charge in [0.1, 0.15) is 30.5 Å². The molecule has 1 N–H and O–H groups in total. The van der Waals surface area contributed by atoms with E-state index in [-0.39, 0.29) is 6.10 Å². The summed E-state index contributed by atoms with van der Waals surface area (Å²) in [6.45, 7) is 7.31. The molecule has 8 nitrogen and oxygen atoms in total. The standard InChI is InChI=1S/C15H26N2O6/c1-14(2)20-10-9(8(18)7-16-17(5)6)19-13-12(11(10)21-14)22-15(3,4)23-13/h7-13,18H,1-6H3/b16-7+/t8-,9-,10+,11+,12-,13-/m1/s1. The lowest BCUT2D eigenvalue weighted by atomic mass is 9.96. The predicted octanol–water partition coefficient (Wildman–Crippen LogP) is 0.291. The van der Waals surface area contributed by atoms with E-state index in [1.54, 1.807) is 19.1 Å². The molecule has 132 valence electrons. The molecule has 3 fully saturated rings. The summed E-state index contributed by atoms with van der Waals surface area (Å²) in [5.74, 6) is -1.55. The Balaban J connectivity index is 1.84. The van der Waals surface area contributed by atoms with Crippen molar-refractivity contribution in [3.63, 3.8) is 0 Å². The zero-order valence-electron chi connectivity index (χ0n) is 14.4. The average molecular weight is 330 g/mol. The normalized spacial score (nSPS) is 42.5. The first-order valence-corrected chi connectivity index (χ1v) is 7.84. The Morgan fingerprint density at radius 2 is 1.52 bits per heavy atom. The molecule has 0 saturated carbocycles. The molecule has 3 saturated heterocycles. The van der Waals surface area contributed by atoms with Gasteiger partial charge in [0, 0.05) is 14.1 Å². The molecular weight excluding hydrogens is 304 g/mol. The van der Waals surface area contributed by atoms with E-state index in [1.165, 1.54) is 6.21 Å². The van der Waals surface area contributed by atoms with Gasteiger partial charge in [-0.25, -0.2) is 0 Å². The van der Waals surface area contributed by atoms with Gasteiger partial charge in [0.05, 0.1) is 6.21 Å². The number of fused-ring (bicyclic) bond motifs is 3. The van der Waals surface area contributed by atoms with Crippen LogP contribution in [0.25, 0.3) is 0 Å². The third kappa shape index (κ3) is 3.38. The zero-order chi connectivity index (χ0) is 17.0. The van der Waals surface area contributed by atoms with Crippen LogP contribution in [0.15, 0.2) is 5.10 Å². The van der Waals surface area contributed by atoms with E-state index in [0.29, 0.717) is 0 Å². The maximum absolute atomic E-state index is 10.5. The minimum atomic E-state index is -0.948. The average Bonchev–Trinajstić information content (AvgIpc) is 2.89. The molecule has 3 aliphatic rings. The fourth-order valence-corrected chi connectivity index (χ4v) is 3.20. The van der Waals surface area contributed by atoms with Crippen molar-refractivity contribution < 1.29 is 28.8 Å². The van der Waals surface area contributed by atoms with Crippen molar-refractivity contribution in [2.24, 2.45) is 5.10 Å². The molecular formula is C15H26N2O6. The molecule has 0 spiro atoms. The topological polar surface area (TPSA) is 82.0 Å². The number of hydrogen-bond donors (Lipinski definition) is 1. The van der Waals surface area contributed by atoms with E-state index in [4.69, 9.17) is 23.7 Å². The summed E-state index contributed by atoms with van der Waals surface area (Å²) in [5, 5.41) is 16.1. The Labute approximate surface area is 136 Å². The lowest BCUT2D eigenvalue weighted by molar-refractivity contribution is -0.245. The molecule has 0 aromatic heterocycles. The molecule has 0 aromatic carbocycles. The van der Waals surface area contributed by atoms with Gasteiger partial charge < -0.3 is 33.8 Å². The highest BCUT2D eigenvalue weighted by Crippen LogP contribution is 2.44. The molecule has 0 unspecified atom stereocenters. The second-order valence-electron chi connectivity index (χ2n) is 7.24. The SMILES string of the molecule is CN(C)/N=C/[C@@H](O)[C@H]1O[C@@H]2OC(C)(C)O[C@@H]2[C@H]2OC(C)(C)O[C@H]21. The summed E-state index contributed by atoms with van der Waals surface area (Å²) in [6.07, 6.45) is -2.02. The quantitative estimate of drug-likeness (QED) is 0.588. The lowest BCUT2D eigenvalue weighted by Crippen LogP contribution is -2.58. The maximum Gasteiger partial charge on any atom is 0.190 e. The number of aliphatic hydroxyl groups is 1. The number of rotatable bonds is 3. The Bertz CT molecular complexity index is 481. The van der Waals surface area contributed by atoms with Crippen molar-refractivity contribution in [2.75, 3.05) is 14.1 Å². The first-order chi connectivity index (χ1) is 10.6. The van der Waals surface area contributed by atoms with Crippen molar-refractivity contribution in [1.29, 1.82) is 0 Å². The van der Waals surface area contributed by atoms with Gasteiger partial charge in [-0.15, -0.1) is 0 Å². The van der Waals surface area contributed by atoms with Crippen LogP contribution in [-0.4, -0.2) is 78.8 Å². The van der Waals surface area contributed by atoms with Crippen molar-refractivity contribution in [3.05, 3.63) is 0 Å². The largest absolute Gasteiger partial charge is 0.385 e. The van der Waals surface area contributed by atoms with Crippen LogP contribution < -0.4 is 0 Å². The molecule has 0 bridgehead atoms. The Hall–Kier alpha value is -0.770. The van der Waals surface area contributed by atoms with Crippen LogP contribution in [0.1, 0.15) is 27.7 Å². The molecule has 3 rings (SSSR count). The summed E-state index contributed by atoms with van der Waals surface area (Å²) in [7, 11) is 3.55. The minimum Gasteiger partial charge on any atom is -0.385 e. The first-order valence-electron chi connectivity index (χ1n) is 7.84. The van der Waals surface area contributed by atoms with Gasteiger partial charge in [0.15, 0.2) is 17.9 Å². The summed E-state index contributed by atoms with van der Waals surface area (Å²) < 4.78 is 29.6. The molecule has 0 amide bonds. The Kier molecular flexibility index (Phi) is 4.19. The van der Waals surface area contributed by atoms with Crippen LogP contribution in [-0.2, 0) is 23.7 Å². The van der Waals surface area contributed by atoms with Gasteiger partial charge in [0.2, 0.25) is 0 Å². The fourth-order valence-electron chi connectivity index (χ4n) is 3.20. The number of nitrogens with zero attached hydrogens (tertiary/aromatic N) is 2. The monoisotopic (exact) mass is 330 g/mol. The van der Waals surface area contributed by atoms with Gasteiger partial charge in [-0.3, -0.25) is 0 Å². The van der Waals surface area contributed by atoms with Crippen LogP contribution in [0.3, 0.4) is 0 Å². The van der Waals surface area contributed by atoms with Crippen molar-refractivity contribution in [2.45, 2.75) is 76.1 Å². The highest BCUT2D eigenvalue weighted by molar-refractivity contribution is 5.63. The Morgan fingerprint density at radius 3 is 2.17 bits per heavy atom. The summed E-state index contributed by atoms with van der Waals surface area (Å²) in [4.78, 5) is 0. The third-order valence-electron chi connectivity index (χ3n) is 3.98. The number of aliphatic hydroxyl groups excluding tert-OH is 1. The van der Waals surface area contributed by atoms with E-state index in [9.17, 15) is 5.11 Å². The summed E-state index contributed by atoms with van der Waals surface area (Å²) in [5.41, 5.74) is 0. The van der Waals surface area contributed by atoms with E-state index >= 15 is 0 Å². The number of hydrazone groups is 1. The maximum atomic E-state index is 10.5. The highest BCUT2D eigenvalue weighted by Gasteiger charge is 2.61. The van der Waals surface area contributed by atoms with Crippen LogP contribution in [0.2, 0.25) is 0 Å². The highest BCUT2D eigenvalue weighted by atomic mass is 16.9. The van der Waals surface area contributed by atoms with Crippen molar-refractivity contribution >= 4 is 6.21 Å². The van der Waals surface area contributed by atoms with Crippen LogP contribution in [0, 0.1) is 0 Å². The second kappa shape index (κ2) is 5.65. The van der Waals surface area contributed by atoms with E-state index in [0.717, 1.165) is 0 Å². The molecule has 3 aliphatic heterocycles. The fraction of sp³-hybridized carbons (Fsp3) is 0.933. The summed E-state index contributed by atoms with van der Waals surface area (Å²) >= 11 is 0. The van der Waals surface area contributed by atoms with Crippen molar-refractivity contribution in [3.8, 4) is 0 Å². The van der Waals surface area contributed by atoms with Crippen LogP contribution >= 0.6 is 0 Å². The number of ether oxygens (including phenoxy) is 5. The molecule has 8 heteroatoms. The van der Waals surface area contributed by atoms with Crippen LogP contribution in [0.4, 0.5) is 0 Å². The molecule has 0 aromatic rings. The van der Waals surface area contributed by atoms with Gasteiger partial charge in [0.25, 0.3) is 0 Å².